The molecule has 0 fully saturated rings. The molecule has 0 aromatic carbocycles. The van der Waals surface area contributed by atoms with Crippen LogP contribution in [0.2, 0.25) is 0 Å². The molecule has 70 valence electrons. The van der Waals surface area contributed by atoms with Gasteiger partial charge in [-0.25, -0.2) is 0 Å². The third-order valence-electron chi connectivity index (χ3n) is 1.94. The number of ketones is 1. The van der Waals surface area contributed by atoms with Gasteiger partial charge in [-0.3, -0.25) is 0 Å². The normalized spacial score (nSPS) is 12.6. The number of allylic oxidation sites excluding steroid dienone is 1. The molecule has 0 saturated carbocycles. The lowest BCUT2D eigenvalue weighted by Crippen LogP contribution is -2.01. The van der Waals surface area contributed by atoms with Crippen LogP contribution < -0.4 is 0 Å². The quantitative estimate of drug-likeness (QED) is 0.556. The summed E-state index contributed by atoms with van der Waals surface area (Å²) in [6, 6.07) is 0. The van der Waals surface area contributed by atoms with Crippen LogP contribution in [0.3, 0.4) is 0 Å². The van der Waals surface area contributed by atoms with Crippen molar-refractivity contribution < 1.29 is 4.79 Å². The molecule has 0 spiro atoms. The summed E-state index contributed by atoms with van der Waals surface area (Å²) in [5.74, 6) is 0.847. The first kappa shape index (κ1) is 11.4. The molecule has 0 aliphatic carbocycles. The SMILES string of the molecule is C=C(C)CCCC(C)CC(C)=O. The average Bonchev–Trinajstić information content (AvgIpc) is 1.84. The molecule has 0 amide bonds. The molecule has 1 atom stereocenters. The van der Waals surface area contributed by atoms with Gasteiger partial charge in [-0.05, 0) is 39.0 Å². The van der Waals surface area contributed by atoms with Crippen LogP contribution in [0.25, 0.3) is 0 Å². The van der Waals surface area contributed by atoms with E-state index in [9.17, 15) is 4.79 Å². The molecule has 12 heavy (non-hydrogen) atoms. The second-order valence-corrected chi connectivity index (χ2v) is 3.86. The first-order valence-electron chi connectivity index (χ1n) is 4.66. The molecule has 1 unspecified atom stereocenters. The van der Waals surface area contributed by atoms with Crippen LogP contribution in [-0.4, -0.2) is 5.78 Å². The van der Waals surface area contributed by atoms with Gasteiger partial charge in [0, 0.05) is 6.42 Å². The molecule has 0 aliphatic heterocycles. The summed E-state index contributed by atoms with van der Waals surface area (Å²) in [5, 5.41) is 0. The van der Waals surface area contributed by atoms with E-state index in [2.05, 4.69) is 20.4 Å². The highest BCUT2D eigenvalue weighted by Gasteiger charge is 2.04. The number of hydrogen-bond acceptors (Lipinski definition) is 1. The highest BCUT2D eigenvalue weighted by atomic mass is 16.1. The fraction of sp³-hybridized carbons (Fsp3) is 0.727. The Hall–Kier alpha value is -0.590. The van der Waals surface area contributed by atoms with Crippen LogP contribution >= 0.6 is 0 Å². The minimum absolute atomic E-state index is 0.304. The summed E-state index contributed by atoms with van der Waals surface area (Å²) in [4.78, 5) is 10.7. The van der Waals surface area contributed by atoms with E-state index in [0.29, 0.717) is 11.7 Å². The van der Waals surface area contributed by atoms with Gasteiger partial charge in [-0.15, -0.1) is 6.58 Å². The fourth-order valence-corrected chi connectivity index (χ4v) is 1.35. The minimum atomic E-state index is 0.304. The van der Waals surface area contributed by atoms with Crippen LogP contribution in [0.5, 0.6) is 0 Å². The van der Waals surface area contributed by atoms with Crippen molar-refractivity contribution in [2.45, 2.75) is 46.5 Å². The van der Waals surface area contributed by atoms with E-state index in [1.54, 1.807) is 6.92 Å². The predicted molar refractivity (Wildman–Crippen MR) is 53.1 cm³/mol. The number of Topliss-reactive ketones (excluding diaryl/α,β-unsaturated/α-hetero) is 1. The highest BCUT2D eigenvalue weighted by molar-refractivity contribution is 5.75. The molecule has 1 heteroatoms. The molecule has 0 bridgehead atoms. The Morgan fingerprint density at radius 3 is 2.42 bits per heavy atom. The van der Waals surface area contributed by atoms with Crippen LogP contribution in [0, 0.1) is 5.92 Å². The largest absolute Gasteiger partial charge is 0.300 e. The lowest BCUT2D eigenvalue weighted by Gasteiger charge is -2.08. The number of rotatable bonds is 6. The fourth-order valence-electron chi connectivity index (χ4n) is 1.35. The van der Waals surface area contributed by atoms with E-state index < -0.39 is 0 Å². The van der Waals surface area contributed by atoms with Crippen molar-refractivity contribution in [3.8, 4) is 0 Å². The van der Waals surface area contributed by atoms with E-state index in [1.165, 1.54) is 12.0 Å². The molecular formula is C11H20O. The zero-order valence-corrected chi connectivity index (χ0v) is 8.52. The minimum Gasteiger partial charge on any atom is -0.300 e. The predicted octanol–water partition coefficient (Wildman–Crippen LogP) is 3.35. The van der Waals surface area contributed by atoms with E-state index >= 15 is 0 Å². The lowest BCUT2D eigenvalue weighted by molar-refractivity contribution is -0.117. The van der Waals surface area contributed by atoms with Crippen molar-refractivity contribution in [1.82, 2.24) is 0 Å². The molecule has 0 rings (SSSR count). The summed E-state index contributed by atoms with van der Waals surface area (Å²) in [6.45, 7) is 9.70. The third kappa shape index (κ3) is 7.52. The molecule has 0 aromatic rings. The Bertz CT molecular complexity index is 158. The zero-order chi connectivity index (χ0) is 9.56. The number of hydrogen-bond donors (Lipinski definition) is 0. The Morgan fingerprint density at radius 2 is 2.00 bits per heavy atom. The molecule has 0 aromatic heterocycles. The second kappa shape index (κ2) is 5.99. The number of carbonyl (C=O) groups is 1. The summed E-state index contributed by atoms with van der Waals surface area (Å²) in [5.41, 5.74) is 1.24. The maximum absolute atomic E-state index is 10.7. The summed E-state index contributed by atoms with van der Waals surface area (Å²) in [7, 11) is 0. The van der Waals surface area contributed by atoms with Gasteiger partial charge in [-0.2, -0.15) is 0 Å². The van der Waals surface area contributed by atoms with Crippen LogP contribution in [-0.2, 0) is 4.79 Å². The standard InChI is InChI=1S/C11H20O/c1-9(2)6-5-7-10(3)8-11(4)12/h10H,1,5-8H2,2-4H3. The maximum atomic E-state index is 10.7. The van der Waals surface area contributed by atoms with E-state index in [1.807, 2.05) is 0 Å². The van der Waals surface area contributed by atoms with Gasteiger partial charge in [0.1, 0.15) is 5.78 Å². The molecule has 0 N–H and O–H groups in total. The molecule has 1 nitrogen and oxygen atoms in total. The average molecular weight is 168 g/mol. The third-order valence-corrected chi connectivity index (χ3v) is 1.94. The van der Waals surface area contributed by atoms with Crippen LogP contribution in [0.4, 0.5) is 0 Å². The van der Waals surface area contributed by atoms with Gasteiger partial charge in [0.15, 0.2) is 0 Å². The van der Waals surface area contributed by atoms with Crippen molar-refractivity contribution in [3.63, 3.8) is 0 Å². The Morgan fingerprint density at radius 1 is 1.42 bits per heavy atom. The van der Waals surface area contributed by atoms with E-state index in [0.717, 1.165) is 19.3 Å². The first-order chi connectivity index (χ1) is 5.52. The van der Waals surface area contributed by atoms with E-state index in [-0.39, 0.29) is 0 Å². The number of carbonyl (C=O) groups excluding carboxylic acids is 1. The molecule has 0 saturated heterocycles. The smallest absolute Gasteiger partial charge is 0.130 e. The zero-order valence-electron chi connectivity index (χ0n) is 8.52. The van der Waals surface area contributed by atoms with Crippen molar-refractivity contribution in [2.24, 2.45) is 5.92 Å². The van der Waals surface area contributed by atoms with Crippen molar-refractivity contribution >= 4 is 5.78 Å². The highest BCUT2D eigenvalue weighted by Crippen LogP contribution is 2.14. The monoisotopic (exact) mass is 168 g/mol. The summed E-state index contributed by atoms with van der Waals surface area (Å²) < 4.78 is 0. The second-order valence-electron chi connectivity index (χ2n) is 3.86. The molecular weight excluding hydrogens is 148 g/mol. The van der Waals surface area contributed by atoms with Crippen molar-refractivity contribution in [1.29, 1.82) is 0 Å². The lowest BCUT2D eigenvalue weighted by atomic mass is 9.97. The summed E-state index contributed by atoms with van der Waals surface area (Å²) >= 11 is 0. The van der Waals surface area contributed by atoms with Crippen molar-refractivity contribution in [3.05, 3.63) is 12.2 Å². The molecule has 0 aliphatic rings. The molecule has 0 radical (unpaired) electrons. The Balaban J connectivity index is 3.37. The van der Waals surface area contributed by atoms with Gasteiger partial charge < -0.3 is 4.79 Å². The van der Waals surface area contributed by atoms with Gasteiger partial charge >= 0.3 is 0 Å². The van der Waals surface area contributed by atoms with E-state index in [4.69, 9.17) is 0 Å². The van der Waals surface area contributed by atoms with Gasteiger partial charge in [0.2, 0.25) is 0 Å². The Kier molecular flexibility index (Phi) is 5.69. The van der Waals surface area contributed by atoms with Gasteiger partial charge in [-0.1, -0.05) is 12.5 Å². The summed E-state index contributed by atoms with van der Waals surface area (Å²) in [6.07, 6.45) is 4.15. The first-order valence-corrected chi connectivity index (χ1v) is 4.66. The topological polar surface area (TPSA) is 17.1 Å². The van der Waals surface area contributed by atoms with Crippen LogP contribution in [0.15, 0.2) is 12.2 Å². The van der Waals surface area contributed by atoms with Crippen molar-refractivity contribution in [2.75, 3.05) is 0 Å². The van der Waals surface area contributed by atoms with Gasteiger partial charge in [0.25, 0.3) is 0 Å². The molecule has 0 heterocycles. The maximum Gasteiger partial charge on any atom is 0.130 e. The van der Waals surface area contributed by atoms with Gasteiger partial charge in [0.05, 0.1) is 0 Å². The van der Waals surface area contributed by atoms with Crippen LogP contribution in [0.1, 0.15) is 46.5 Å². The Labute approximate surface area is 75.9 Å².